The van der Waals surface area contributed by atoms with Crippen molar-refractivity contribution < 1.29 is 9.18 Å². The molecule has 0 bridgehead atoms. The number of carbonyl (C=O) groups is 1. The van der Waals surface area contributed by atoms with Gasteiger partial charge in [0.2, 0.25) is 0 Å². The minimum atomic E-state index is -0.717. The second-order valence-corrected chi connectivity index (χ2v) is 4.95. The number of pyridine rings is 1. The van der Waals surface area contributed by atoms with Crippen molar-refractivity contribution in [3.8, 4) is 0 Å². The molecule has 0 spiro atoms. The van der Waals surface area contributed by atoms with E-state index in [1.54, 1.807) is 18.3 Å². The lowest BCUT2D eigenvalue weighted by atomic mass is 10.2. The molecule has 1 aromatic heterocycles. The first-order valence-electron chi connectivity index (χ1n) is 6.17. The summed E-state index contributed by atoms with van der Waals surface area (Å²) in [5.74, 6) is -0.638. The first-order valence-corrected chi connectivity index (χ1v) is 6.93. The van der Waals surface area contributed by atoms with Gasteiger partial charge in [-0.25, -0.2) is 9.37 Å². The van der Waals surface area contributed by atoms with Crippen LogP contribution in [0.2, 0.25) is 10.0 Å². The van der Waals surface area contributed by atoms with Gasteiger partial charge in [0.05, 0.1) is 15.6 Å². The average molecular weight is 328 g/mol. The first-order chi connectivity index (χ1) is 10.0. The molecule has 4 nitrogen and oxygen atoms in total. The third kappa shape index (κ3) is 3.62. The number of nitrogens with zero attached hydrogens (tertiary/aromatic N) is 1. The molecule has 0 aliphatic rings. The van der Waals surface area contributed by atoms with Gasteiger partial charge in [-0.2, -0.15) is 0 Å². The van der Waals surface area contributed by atoms with E-state index >= 15 is 0 Å². The number of anilines is 2. The molecule has 21 heavy (non-hydrogen) atoms. The highest BCUT2D eigenvalue weighted by Crippen LogP contribution is 2.27. The Morgan fingerprint density at radius 3 is 2.62 bits per heavy atom. The minimum absolute atomic E-state index is 0.157. The number of aromatic nitrogens is 1. The number of amides is 1. The van der Waals surface area contributed by atoms with Gasteiger partial charge in [-0.15, -0.1) is 0 Å². The summed E-state index contributed by atoms with van der Waals surface area (Å²) in [5.41, 5.74) is 0.679. The molecular formula is C14H12Cl2FN3O. The summed E-state index contributed by atoms with van der Waals surface area (Å²) in [5, 5.41) is 5.29. The molecule has 110 valence electrons. The van der Waals surface area contributed by atoms with E-state index in [-0.39, 0.29) is 10.0 Å². The fraction of sp³-hybridized carbons (Fsp3) is 0.143. The zero-order valence-corrected chi connectivity index (χ0v) is 12.6. The van der Waals surface area contributed by atoms with Crippen molar-refractivity contribution in [2.24, 2.45) is 0 Å². The quantitative estimate of drug-likeness (QED) is 0.827. The van der Waals surface area contributed by atoms with Gasteiger partial charge in [0.15, 0.2) is 5.82 Å². The number of benzene rings is 1. The Hall–Kier alpha value is -1.85. The Kier molecular flexibility index (Phi) is 4.98. The number of rotatable bonds is 4. The molecule has 0 fully saturated rings. The molecule has 2 rings (SSSR count). The van der Waals surface area contributed by atoms with Crippen LogP contribution in [0.3, 0.4) is 0 Å². The predicted molar refractivity (Wildman–Crippen MR) is 82.8 cm³/mol. The van der Waals surface area contributed by atoms with E-state index in [0.717, 1.165) is 0 Å². The zero-order chi connectivity index (χ0) is 15.4. The largest absolute Gasteiger partial charge is 0.370 e. The third-order valence-electron chi connectivity index (χ3n) is 2.64. The summed E-state index contributed by atoms with van der Waals surface area (Å²) in [6, 6.07) is 5.88. The lowest BCUT2D eigenvalue weighted by Crippen LogP contribution is -2.15. The second-order valence-electron chi connectivity index (χ2n) is 4.14. The van der Waals surface area contributed by atoms with Crippen LogP contribution in [0.5, 0.6) is 0 Å². The normalized spacial score (nSPS) is 10.3. The molecule has 0 saturated carbocycles. The van der Waals surface area contributed by atoms with Crippen molar-refractivity contribution in [2.75, 3.05) is 17.2 Å². The highest BCUT2D eigenvalue weighted by molar-refractivity contribution is 6.35. The number of carbonyl (C=O) groups excluding carboxylic acids is 1. The van der Waals surface area contributed by atoms with E-state index in [9.17, 15) is 9.18 Å². The van der Waals surface area contributed by atoms with Gasteiger partial charge >= 0.3 is 0 Å². The SMILES string of the molecule is CCNc1ncccc1C(=O)Nc1cc(Cl)c(F)c(Cl)c1. The van der Waals surface area contributed by atoms with Crippen LogP contribution in [0.1, 0.15) is 17.3 Å². The van der Waals surface area contributed by atoms with Gasteiger partial charge in [0.25, 0.3) is 5.91 Å². The molecule has 1 heterocycles. The Bertz CT molecular complexity index is 656. The lowest BCUT2D eigenvalue weighted by Gasteiger charge is -2.10. The van der Waals surface area contributed by atoms with Crippen molar-refractivity contribution in [3.63, 3.8) is 0 Å². The summed E-state index contributed by atoms with van der Waals surface area (Å²) >= 11 is 11.4. The van der Waals surface area contributed by atoms with E-state index < -0.39 is 11.7 Å². The van der Waals surface area contributed by atoms with Crippen molar-refractivity contribution in [1.29, 1.82) is 0 Å². The maximum absolute atomic E-state index is 13.3. The van der Waals surface area contributed by atoms with Gasteiger partial charge in [-0.3, -0.25) is 4.79 Å². The first kappa shape index (κ1) is 15.5. The maximum atomic E-state index is 13.3. The van der Waals surface area contributed by atoms with Crippen LogP contribution >= 0.6 is 23.2 Å². The molecule has 1 amide bonds. The van der Waals surface area contributed by atoms with Gasteiger partial charge in [-0.05, 0) is 31.2 Å². The van der Waals surface area contributed by atoms with E-state index in [1.807, 2.05) is 6.92 Å². The molecule has 0 aliphatic heterocycles. The number of nitrogens with one attached hydrogen (secondary N) is 2. The van der Waals surface area contributed by atoms with Crippen LogP contribution in [0, 0.1) is 5.82 Å². The molecule has 1 aromatic carbocycles. The summed E-state index contributed by atoms with van der Waals surface area (Å²) < 4.78 is 13.3. The summed E-state index contributed by atoms with van der Waals surface area (Å²) in [7, 11) is 0. The van der Waals surface area contributed by atoms with Crippen LogP contribution in [0.4, 0.5) is 15.9 Å². The molecule has 0 unspecified atom stereocenters. The summed E-state index contributed by atoms with van der Waals surface area (Å²) in [6.07, 6.45) is 1.58. The molecule has 0 saturated heterocycles. The predicted octanol–water partition coefficient (Wildman–Crippen LogP) is 4.21. The molecule has 2 N–H and O–H groups in total. The molecular weight excluding hydrogens is 316 g/mol. The Labute approximate surface area is 131 Å². The van der Waals surface area contributed by atoms with E-state index in [0.29, 0.717) is 23.6 Å². The van der Waals surface area contributed by atoms with Crippen LogP contribution < -0.4 is 10.6 Å². The average Bonchev–Trinajstić information content (AvgIpc) is 2.45. The molecule has 0 radical (unpaired) electrons. The van der Waals surface area contributed by atoms with Crippen LogP contribution in [-0.2, 0) is 0 Å². The summed E-state index contributed by atoms with van der Waals surface area (Å²) in [6.45, 7) is 2.53. The number of hydrogen-bond donors (Lipinski definition) is 2. The van der Waals surface area contributed by atoms with Crippen LogP contribution in [0.25, 0.3) is 0 Å². The van der Waals surface area contributed by atoms with E-state index in [4.69, 9.17) is 23.2 Å². The third-order valence-corrected chi connectivity index (χ3v) is 3.19. The van der Waals surface area contributed by atoms with Gasteiger partial charge in [0, 0.05) is 18.4 Å². The molecule has 0 aliphatic carbocycles. The van der Waals surface area contributed by atoms with Gasteiger partial charge in [0.1, 0.15) is 5.82 Å². The van der Waals surface area contributed by atoms with Crippen LogP contribution in [-0.4, -0.2) is 17.4 Å². The van der Waals surface area contributed by atoms with Crippen molar-refractivity contribution >= 4 is 40.6 Å². The molecule has 0 atom stereocenters. The highest BCUT2D eigenvalue weighted by Gasteiger charge is 2.14. The fourth-order valence-corrected chi connectivity index (χ4v) is 2.21. The monoisotopic (exact) mass is 327 g/mol. The smallest absolute Gasteiger partial charge is 0.259 e. The van der Waals surface area contributed by atoms with Gasteiger partial charge in [-0.1, -0.05) is 23.2 Å². The molecule has 2 aromatic rings. The van der Waals surface area contributed by atoms with Gasteiger partial charge < -0.3 is 10.6 Å². The number of halogens is 3. The Morgan fingerprint density at radius 1 is 1.33 bits per heavy atom. The standard InChI is InChI=1S/C14H12Cl2FN3O/c1-2-18-13-9(4-3-5-19-13)14(21)20-8-6-10(15)12(17)11(16)7-8/h3-7H,2H2,1H3,(H,18,19)(H,20,21). The Balaban J connectivity index is 2.26. The molecule has 7 heteroatoms. The topological polar surface area (TPSA) is 54.0 Å². The van der Waals surface area contributed by atoms with Crippen molar-refractivity contribution in [2.45, 2.75) is 6.92 Å². The van der Waals surface area contributed by atoms with Crippen molar-refractivity contribution in [1.82, 2.24) is 4.98 Å². The van der Waals surface area contributed by atoms with E-state index in [2.05, 4.69) is 15.6 Å². The van der Waals surface area contributed by atoms with E-state index in [1.165, 1.54) is 12.1 Å². The minimum Gasteiger partial charge on any atom is -0.370 e. The van der Waals surface area contributed by atoms with Crippen LogP contribution in [0.15, 0.2) is 30.5 Å². The van der Waals surface area contributed by atoms with Crippen molar-refractivity contribution in [3.05, 3.63) is 51.9 Å². The number of hydrogen-bond acceptors (Lipinski definition) is 3. The lowest BCUT2D eigenvalue weighted by molar-refractivity contribution is 0.102. The highest BCUT2D eigenvalue weighted by atomic mass is 35.5. The second kappa shape index (κ2) is 6.74. The zero-order valence-electron chi connectivity index (χ0n) is 11.1. The maximum Gasteiger partial charge on any atom is 0.259 e. The fourth-order valence-electron chi connectivity index (χ4n) is 1.72. The Morgan fingerprint density at radius 2 is 2.00 bits per heavy atom. The summed E-state index contributed by atoms with van der Waals surface area (Å²) in [4.78, 5) is 16.3.